The van der Waals surface area contributed by atoms with Gasteiger partial charge in [0, 0.05) is 34.6 Å². The van der Waals surface area contributed by atoms with Crippen LogP contribution in [0.25, 0.3) is 10.4 Å². The lowest BCUT2D eigenvalue weighted by Crippen LogP contribution is -2.45. The van der Waals surface area contributed by atoms with Gasteiger partial charge < -0.3 is 10.5 Å². The van der Waals surface area contributed by atoms with Gasteiger partial charge in [-0.25, -0.2) is 4.98 Å². The van der Waals surface area contributed by atoms with Gasteiger partial charge in [-0.2, -0.15) is 14.3 Å². The quantitative estimate of drug-likeness (QED) is 0.387. The van der Waals surface area contributed by atoms with Crippen LogP contribution in [0.5, 0.6) is 0 Å². The first-order valence-electron chi connectivity index (χ1n) is 13.4. The Hall–Kier alpha value is -2.57. The molecule has 2 fully saturated rings. The summed E-state index contributed by atoms with van der Waals surface area (Å²) in [6.45, 7) is 12.5. The largest absolute Gasteiger partial charge is 0.618 e. The van der Waals surface area contributed by atoms with Crippen LogP contribution in [0.2, 0.25) is 0 Å². The highest BCUT2D eigenvalue weighted by Crippen LogP contribution is 2.38. The number of thiazole rings is 1. The molecule has 37 heavy (non-hydrogen) atoms. The van der Waals surface area contributed by atoms with Crippen LogP contribution in [-0.4, -0.2) is 23.1 Å². The third kappa shape index (κ3) is 7.26. The molecule has 2 saturated carbocycles. The van der Waals surface area contributed by atoms with Crippen LogP contribution in [0, 0.1) is 11.1 Å². The van der Waals surface area contributed by atoms with E-state index in [1.165, 1.54) is 49.9 Å². The summed E-state index contributed by atoms with van der Waals surface area (Å²) >= 11 is 1.50. The van der Waals surface area contributed by atoms with E-state index in [1.54, 1.807) is 0 Å². The highest BCUT2D eigenvalue weighted by molar-refractivity contribution is 7.17. The number of aromatic nitrogens is 2. The molecule has 1 amide bonds. The van der Waals surface area contributed by atoms with Crippen molar-refractivity contribution in [1.82, 2.24) is 10.3 Å². The fourth-order valence-electron chi connectivity index (χ4n) is 5.03. The van der Waals surface area contributed by atoms with Crippen molar-refractivity contribution in [3.63, 3.8) is 0 Å². The van der Waals surface area contributed by atoms with E-state index in [4.69, 9.17) is 14.6 Å². The fraction of sp³-hybridized carbons (Fsp3) is 0.655. The number of carbonyl (C=O) groups excluding carboxylic acids is 3. The van der Waals surface area contributed by atoms with Gasteiger partial charge in [0.2, 0.25) is 0 Å². The Kier molecular flexibility index (Phi) is 9.30. The van der Waals surface area contributed by atoms with E-state index in [-0.39, 0.29) is 28.9 Å². The van der Waals surface area contributed by atoms with Crippen molar-refractivity contribution in [1.29, 1.82) is 0 Å². The number of amides is 1. The van der Waals surface area contributed by atoms with Crippen molar-refractivity contribution in [2.75, 3.05) is 0 Å². The maximum absolute atomic E-state index is 13.4. The molecule has 4 rings (SSSR count). The van der Waals surface area contributed by atoms with E-state index >= 15 is 0 Å². The highest BCUT2D eigenvalue weighted by Gasteiger charge is 2.33. The first-order chi connectivity index (χ1) is 17.3. The van der Waals surface area contributed by atoms with Crippen molar-refractivity contribution in [2.45, 2.75) is 116 Å². The predicted molar refractivity (Wildman–Crippen MR) is 144 cm³/mol. The van der Waals surface area contributed by atoms with Gasteiger partial charge in [-0.3, -0.25) is 4.79 Å². The second-order valence-electron chi connectivity index (χ2n) is 12.5. The van der Waals surface area contributed by atoms with E-state index < -0.39 is 0 Å². The van der Waals surface area contributed by atoms with Gasteiger partial charge in [0.1, 0.15) is 0 Å². The van der Waals surface area contributed by atoms with E-state index in [0.717, 1.165) is 51.5 Å². The smallest absolute Gasteiger partial charge is 0.373 e. The minimum Gasteiger partial charge on any atom is -0.618 e. The Morgan fingerprint density at radius 1 is 1.00 bits per heavy atom. The van der Waals surface area contributed by atoms with Gasteiger partial charge >= 0.3 is 6.15 Å². The maximum Gasteiger partial charge on any atom is 0.373 e. The minimum absolute atomic E-state index is 0.0484. The maximum atomic E-state index is 13.4. The Morgan fingerprint density at radius 3 is 2.00 bits per heavy atom. The summed E-state index contributed by atoms with van der Waals surface area (Å²) in [6, 6.07) is 4.36. The Labute approximate surface area is 224 Å². The van der Waals surface area contributed by atoms with Gasteiger partial charge in [-0.1, -0.05) is 73.6 Å². The lowest BCUT2D eigenvalue weighted by Gasteiger charge is -2.25. The van der Waals surface area contributed by atoms with Crippen molar-refractivity contribution in [2.24, 2.45) is 5.92 Å². The molecule has 2 heterocycles. The molecule has 0 unspecified atom stereocenters. The molecule has 8 heteroatoms. The third-order valence-electron chi connectivity index (χ3n) is 7.36. The third-order valence-corrected chi connectivity index (χ3v) is 8.51. The molecule has 7 nitrogen and oxygen atoms in total. The molecule has 0 aliphatic heterocycles. The standard InChI is InChI=1S/C28H41N3O2S.CO2/c1-27(2,3)22-16-19(17-23(31(22)33)28(4,5)6)24-21(15-18-11-8-7-9-12-18)30-26(34-24)25(32)29-20-13-10-14-20;2-1-3/h16-18,20H,7-15H2,1-6H3,(H,29,32);. The highest BCUT2D eigenvalue weighted by atomic mass is 32.1. The van der Waals surface area contributed by atoms with Gasteiger partial charge in [0.15, 0.2) is 16.4 Å². The summed E-state index contributed by atoms with van der Waals surface area (Å²) < 4.78 is 1.12. The van der Waals surface area contributed by atoms with Crippen LogP contribution in [0.3, 0.4) is 0 Å². The molecule has 0 bridgehead atoms. The van der Waals surface area contributed by atoms with E-state index in [2.05, 4.69) is 46.9 Å². The van der Waals surface area contributed by atoms with Crippen LogP contribution in [-0.2, 0) is 26.8 Å². The molecule has 0 radical (unpaired) electrons. The summed E-state index contributed by atoms with van der Waals surface area (Å²) in [5, 5.41) is 17.1. The molecule has 0 aromatic carbocycles. The number of nitrogens with one attached hydrogen (secondary N) is 1. The van der Waals surface area contributed by atoms with Gasteiger partial charge in [-0.15, -0.1) is 11.3 Å². The number of pyridine rings is 1. The molecule has 0 saturated heterocycles. The summed E-state index contributed by atoms with van der Waals surface area (Å²) in [5.74, 6) is 0.572. The van der Waals surface area contributed by atoms with Crippen molar-refractivity contribution < 1.29 is 19.1 Å². The molecule has 2 aromatic rings. The van der Waals surface area contributed by atoms with Gasteiger partial charge in [0.05, 0.1) is 10.6 Å². The number of hydrogen-bond donors (Lipinski definition) is 1. The molecule has 202 valence electrons. The second-order valence-corrected chi connectivity index (χ2v) is 13.5. The average molecular weight is 528 g/mol. The summed E-state index contributed by atoms with van der Waals surface area (Å²) in [4.78, 5) is 35.3. The first-order valence-corrected chi connectivity index (χ1v) is 14.3. The lowest BCUT2D eigenvalue weighted by atomic mass is 9.84. The van der Waals surface area contributed by atoms with Crippen molar-refractivity contribution >= 4 is 23.4 Å². The first kappa shape index (κ1) is 29.0. The molecule has 2 aliphatic rings. The fourth-order valence-corrected chi connectivity index (χ4v) is 6.02. The lowest BCUT2D eigenvalue weighted by molar-refractivity contribution is -0.629. The topological polar surface area (TPSA) is 103 Å². The summed E-state index contributed by atoms with van der Waals surface area (Å²) in [5.41, 5.74) is 2.97. The monoisotopic (exact) mass is 527 g/mol. The Morgan fingerprint density at radius 2 is 1.54 bits per heavy atom. The van der Waals surface area contributed by atoms with E-state index in [0.29, 0.717) is 10.9 Å². The number of rotatable bonds is 5. The average Bonchev–Trinajstić information content (AvgIpc) is 3.20. The van der Waals surface area contributed by atoms with E-state index in [9.17, 15) is 10.0 Å². The minimum atomic E-state index is -0.295. The zero-order chi connectivity index (χ0) is 27.4. The molecule has 2 aliphatic carbocycles. The number of hydrogen-bond acceptors (Lipinski definition) is 6. The van der Waals surface area contributed by atoms with Crippen LogP contribution >= 0.6 is 11.3 Å². The van der Waals surface area contributed by atoms with Crippen molar-refractivity contribution in [3.8, 4) is 10.4 Å². The molecule has 0 atom stereocenters. The van der Waals surface area contributed by atoms with Gasteiger partial charge in [0.25, 0.3) is 5.91 Å². The van der Waals surface area contributed by atoms with Crippen LogP contribution in [0.4, 0.5) is 0 Å². The molecular formula is C29H41N3O4S. The van der Waals surface area contributed by atoms with Crippen LogP contribution < -0.4 is 10.0 Å². The normalized spacial score (nSPS) is 16.8. The van der Waals surface area contributed by atoms with E-state index in [1.807, 2.05) is 12.1 Å². The summed E-state index contributed by atoms with van der Waals surface area (Å²) in [7, 11) is 0. The SMILES string of the molecule is CC(C)(C)c1cc(-c2sc(C(=O)NC3CCC3)nc2CC2CCCCC2)cc(C(C)(C)C)[n+]1[O-].O=C=O. The molecular weight excluding hydrogens is 486 g/mol. The molecule has 2 aromatic heterocycles. The second kappa shape index (κ2) is 11.9. The van der Waals surface area contributed by atoms with Crippen molar-refractivity contribution in [3.05, 3.63) is 39.4 Å². The molecule has 0 spiro atoms. The molecule has 1 N–H and O–H groups in total. The summed E-state index contributed by atoms with van der Waals surface area (Å²) in [6.07, 6.45) is 10.8. The zero-order valence-electron chi connectivity index (χ0n) is 23.1. The Balaban J connectivity index is 0.00000121. The van der Waals surface area contributed by atoms with Crippen LogP contribution in [0.15, 0.2) is 12.1 Å². The van der Waals surface area contributed by atoms with Crippen LogP contribution in [0.1, 0.15) is 120 Å². The Bertz CT molecular complexity index is 1090. The van der Waals surface area contributed by atoms with Gasteiger partial charge in [-0.05, 0) is 31.6 Å². The number of nitrogens with zero attached hydrogens (tertiary/aromatic N) is 2. The predicted octanol–water partition coefficient (Wildman–Crippen LogP) is 5.86. The number of carbonyl (C=O) groups is 1. The zero-order valence-corrected chi connectivity index (χ0v) is 23.9.